The molecule has 0 aliphatic heterocycles. The van der Waals surface area contributed by atoms with Crippen LogP contribution in [0.3, 0.4) is 0 Å². The molecule has 0 aliphatic carbocycles. The molecule has 0 amide bonds. The molecule has 0 spiro atoms. The minimum atomic E-state index is -0.397. The summed E-state index contributed by atoms with van der Waals surface area (Å²) in [5.74, 6) is 0.803. The van der Waals surface area contributed by atoms with Crippen molar-refractivity contribution >= 4 is 39.2 Å². The van der Waals surface area contributed by atoms with Gasteiger partial charge in [0, 0.05) is 33.6 Å². The van der Waals surface area contributed by atoms with E-state index in [1.54, 1.807) is 18.2 Å². The normalized spacial score (nSPS) is 10.5. The highest BCUT2D eigenvalue weighted by molar-refractivity contribution is 9.10. The Labute approximate surface area is 128 Å². The molecule has 2 aromatic rings. The van der Waals surface area contributed by atoms with E-state index in [1.807, 2.05) is 6.92 Å². The van der Waals surface area contributed by atoms with Crippen LogP contribution in [-0.2, 0) is 5.75 Å². The first-order chi connectivity index (χ1) is 9.45. The first kappa shape index (κ1) is 14.7. The summed E-state index contributed by atoms with van der Waals surface area (Å²) in [5.41, 5.74) is 7.11. The van der Waals surface area contributed by atoms with Gasteiger partial charge in [0.05, 0.1) is 4.92 Å². The van der Waals surface area contributed by atoms with Gasteiger partial charge in [-0.2, -0.15) is 0 Å². The molecule has 2 N–H and O–H groups in total. The second-order valence-electron chi connectivity index (χ2n) is 4.04. The maximum Gasteiger partial charge on any atom is 0.274 e. The fraction of sp³-hybridized carbons (Fsp3) is 0.167. The maximum atomic E-state index is 11.0. The third kappa shape index (κ3) is 3.67. The Hall–Kier alpha value is -1.67. The standard InChI is InChI=1S/C12H11BrN4O2S/c1-7-4-11(14)16-12(15-7)20-6-8-2-3-9(13)5-10(8)17(18)19/h2-5H,6H2,1H3,(H2,14,15,16). The Bertz CT molecular complexity index is 646. The third-order valence-electron chi connectivity index (χ3n) is 2.45. The number of hydrogen-bond acceptors (Lipinski definition) is 6. The summed E-state index contributed by atoms with van der Waals surface area (Å²) in [6.45, 7) is 1.82. The molecule has 20 heavy (non-hydrogen) atoms. The minimum Gasteiger partial charge on any atom is -0.384 e. The van der Waals surface area contributed by atoms with E-state index in [9.17, 15) is 10.1 Å². The van der Waals surface area contributed by atoms with Crippen LogP contribution in [-0.4, -0.2) is 14.9 Å². The minimum absolute atomic E-state index is 0.0764. The average molecular weight is 355 g/mol. The Morgan fingerprint density at radius 3 is 2.80 bits per heavy atom. The summed E-state index contributed by atoms with van der Waals surface area (Å²) in [4.78, 5) is 18.9. The van der Waals surface area contributed by atoms with Crippen LogP contribution in [0.15, 0.2) is 33.9 Å². The van der Waals surface area contributed by atoms with Gasteiger partial charge in [-0.15, -0.1) is 0 Å². The number of nitrogens with zero attached hydrogens (tertiary/aromatic N) is 3. The fourth-order valence-corrected chi connectivity index (χ4v) is 2.86. The molecular weight excluding hydrogens is 344 g/mol. The predicted molar refractivity (Wildman–Crippen MR) is 81.5 cm³/mol. The van der Waals surface area contributed by atoms with E-state index < -0.39 is 4.92 Å². The van der Waals surface area contributed by atoms with Crippen LogP contribution in [0.25, 0.3) is 0 Å². The Kier molecular flexibility index (Phi) is 4.56. The van der Waals surface area contributed by atoms with Gasteiger partial charge in [0.25, 0.3) is 5.69 Å². The Balaban J connectivity index is 2.20. The molecule has 0 atom stereocenters. The van der Waals surface area contributed by atoms with Crippen LogP contribution in [0.1, 0.15) is 11.3 Å². The van der Waals surface area contributed by atoms with E-state index >= 15 is 0 Å². The molecule has 0 saturated carbocycles. The number of nitro groups is 1. The summed E-state index contributed by atoms with van der Waals surface area (Å²) in [5, 5.41) is 11.5. The summed E-state index contributed by atoms with van der Waals surface area (Å²) in [6, 6.07) is 6.65. The molecule has 8 heteroatoms. The lowest BCUT2D eigenvalue weighted by atomic mass is 10.2. The molecule has 0 saturated heterocycles. The number of anilines is 1. The quantitative estimate of drug-likeness (QED) is 0.391. The second-order valence-corrected chi connectivity index (χ2v) is 5.89. The van der Waals surface area contributed by atoms with Crippen molar-refractivity contribution in [3.63, 3.8) is 0 Å². The summed E-state index contributed by atoms with van der Waals surface area (Å²) in [7, 11) is 0. The van der Waals surface area contributed by atoms with Gasteiger partial charge < -0.3 is 5.73 Å². The van der Waals surface area contributed by atoms with Gasteiger partial charge in [-0.3, -0.25) is 10.1 Å². The lowest BCUT2D eigenvalue weighted by molar-refractivity contribution is -0.385. The van der Waals surface area contributed by atoms with Crippen molar-refractivity contribution in [3.8, 4) is 0 Å². The van der Waals surface area contributed by atoms with Crippen LogP contribution in [0, 0.1) is 17.0 Å². The Morgan fingerprint density at radius 2 is 2.15 bits per heavy atom. The van der Waals surface area contributed by atoms with E-state index in [0.717, 1.165) is 5.69 Å². The van der Waals surface area contributed by atoms with Crippen molar-refractivity contribution in [2.45, 2.75) is 17.8 Å². The lowest BCUT2D eigenvalue weighted by Crippen LogP contribution is -1.98. The SMILES string of the molecule is Cc1cc(N)nc(SCc2ccc(Br)cc2[N+](=O)[O-])n1. The number of nitrogens with two attached hydrogens (primary N) is 1. The smallest absolute Gasteiger partial charge is 0.274 e. The van der Waals surface area contributed by atoms with E-state index in [1.165, 1.54) is 17.8 Å². The van der Waals surface area contributed by atoms with E-state index in [-0.39, 0.29) is 5.69 Å². The van der Waals surface area contributed by atoms with Crippen molar-refractivity contribution in [1.82, 2.24) is 9.97 Å². The van der Waals surface area contributed by atoms with Crippen molar-refractivity contribution in [3.05, 3.63) is 50.1 Å². The van der Waals surface area contributed by atoms with Crippen molar-refractivity contribution < 1.29 is 4.92 Å². The molecule has 1 aromatic carbocycles. The number of rotatable bonds is 4. The summed E-state index contributed by atoms with van der Waals surface area (Å²) >= 11 is 4.54. The molecule has 1 aromatic heterocycles. The van der Waals surface area contributed by atoms with E-state index in [4.69, 9.17) is 5.73 Å². The number of aromatic nitrogens is 2. The third-order valence-corrected chi connectivity index (χ3v) is 3.84. The number of hydrogen-bond donors (Lipinski definition) is 1. The van der Waals surface area contributed by atoms with Crippen LogP contribution in [0.5, 0.6) is 0 Å². The average Bonchev–Trinajstić information content (AvgIpc) is 2.36. The highest BCUT2D eigenvalue weighted by Gasteiger charge is 2.15. The zero-order chi connectivity index (χ0) is 14.7. The molecule has 0 radical (unpaired) electrons. The number of thioether (sulfide) groups is 1. The molecule has 2 rings (SSSR count). The largest absolute Gasteiger partial charge is 0.384 e. The molecule has 1 heterocycles. The second kappa shape index (κ2) is 6.19. The molecule has 6 nitrogen and oxygen atoms in total. The highest BCUT2D eigenvalue weighted by Crippen LogP contribution is 2.29. The highest BCUT2D eigenvalue weighted by atomic mass is 79.9. The van der Waals surface area contributed by atoms with Crippen LogP contribution in [0.4, 0.5) is 11.5 Å². The van der Waals surface area contributed by atoms with Crippen molar-refractivity contribution in [2.75, 3.05) is 5.73 Å². The summed E-state index contributed by atoms with van der Waals surface area (Å²) in [6.07, 6.45) is 0. The number of nitro benzene ring substituents is 1. The van der Waals surface area contributed by atoms with E-state index in [0.29, 0.717) is 26.8 Å². The molecule has 0 aliphatic rings. The van der Waals surface area contributed by atoms with Gasteiger partial charge in [-0.05, 0) is 13.0 Å². The monoisotopic (exact) mass is 354 g/mol. The van der Waals surface area contributed by atoms with Crippen LogP contribution < -0.4 is 5.73 Å². The van der Waals surface area contributed by atoms with Gasteiger partial charge in [-0.25, -0.2) is 9.97 Å². The van der Waals surface area contributed by atoms with Crippen LogP contribution in [0.2, 0.25) is 0 Å². The molecule has 0 bridgehead atoms. The first-order valence-electron chi connectivity index (χ1n) is 5.62. The van der Waals surface area contributed by atoms with Gasteiger partial charge >= 0.3 is 0 Å². The van der Waals surface area contributed by atoms with Crippen molar-refractivity contribution in [1.29, 1.82) is 0 Å². The van der Waals surface area contributed by atoms with Crippen LogP contribution >= 0.6 is 27.7 Å². The topological polar surface area (TPSA) is 94.9 Å². The number of halogens is 1. The van der Waals surface area contributed by atoms with Gasteiger partial charge in [-0.1, -0.05) is 33.8 Å². The Morgan fingerprint density at radius 1 is 1.40 bits per heavy atom. The van der Waals surface area contributed by atoms with Gasteiger partial charge in [0.15, 0.2) is 5.16 Å². The first-order valence-corrected chi connectivity index (χ1v) is 7.40. The summed E-state index contributed by atoms with van der Waals surface area (Å²) < 4.78 is 0.675. The predicted octanol–water partition coefficient (Wildman–Crippen LogP) is 3.33. The zero-order valence-electron chi connectivity index (χ0n) is 10.5. The zero-order valence-corrected chi connectivity index (χ0v) is 12.9. The fourth-order valence-electron chi connectivity index (χ4n) is 1.60. The molecule has 0 unspecified atom stereocenters. The number of benzene rings is 1. The number of nitrogen functional groups attached to an aromatic ring is 1. The van der Waals surface area contributed by atoms with Gasteiger partial charge in [0.2, 0.25) is 0 Å². The number of aryl methyl sites for hydroxylation is 1. The molecular formula is C12H11BrN4O2S. The molecule has 104 valence electrons. The maximum absolute atomic E-state index is 11.0. The lowest BCUT2D eigenvalue weighted by Gasteiger charge is -2.04. The molecule has 0 fully saturated rings. The van der Waals surface area contributed by atoms with Crippen molar-refractivity contribution in [2.24, 2.45) is 0 Å². The van der Waals surface area contributed by atoms with E-state index in [2.05, 4.69) is 25.9 Å². The van der Waals surface area contributed by atoms with Gasteiger partial charge in [0.1, 0.15) is 5.82 Å².